The maximum absolute atomic E-state index is 12.1. The average Bonchev–Trinajstić information content (AvgIpc) is 2.81. The Kier molecular flexibility index (Phi) is 8.02. The number of hydrogen-bond acceptors (Lipinski definition) is 8. The fourth-order valence-corrected chi connectivity index (χ4v) is 4.14. The van der Waals surface area contributed by atoms with E-state index in [1.54, 1.807) is 14.2 Å². The maximum atomic E-state index is 12.1. The van der Waals surface area contributed by atoms with Crippen molar-refractivity contribution in [3.63, 3.8) is 0 Å². The molecule has 2 N–H and O–H groups in total. The molecule has 0 radical (unpaired) electrons. The van der Waals surface area contributed by atoms with Crippen LogP contribution in [-0.2, 0) is 12.3 Å². The Balaban J connectivity index is 1.82. The summed E-state index contributed by atoms with van der Waals surface area (Å²) in [4.78, 5) is 20.9. The fourth-order valence-electron chi connectivity index (χ4n) is 2.74. The van der Waals surface area contributed by atoms with Gasteiger partial charge in [-0.25, -0.2) is 14.8 Å². The molecule has 0 aliphatic heterocycles. The maximum Gasteiger partial charge on any atom is 0.342 e. The molecule has 1 aromatic heterocycles. The second-order valence-corrected chi connectivity index (χ2v) is 8.12. The largest absolute Gasteiger partial charge is 0.497 e. The zero-order valence-electron chi connectivity index (χ0n) is 17.4. The number of hydrogen-bond donors (Lipinski definition) is 2. The van der Waals surface area contributed by atoms with Gasteiger partial charge in [-0.2, -0.15) is 0 Å². The van der Waals surface area contributed by atoms with E-state index in [0.717, 1.165) is 22.6 Å². The Morgan fingerprint density at radius 2 is 1.55 bits per heavy atom. The second kappa shape index (κ2) is 10.9. The molecule has 1 heterocycles. The minimum absolute atomic E-state index is 0.0739. The highest BCUT2D eigenvalue weighted by Crippen LogP contribution is 2.31. The molecule has 0 aliphatic rings. The lowest BCUT2D eigenvalue weighted by atomic mass is 10.2. The van der Waals surface area contributed by atoms with Gasteiger partial charge in [-0.1, -0.05) is 36.0 Å². The highest BCUT2D eigenvalue weighted by atomic mass is 32.2. The number of aromatic nitrogens is 2. The van der Waals surface area contributed by atoms with E-state index in [0.29, 0.717) is 28.3 Å². The number of thioether (sulfide) groups is 2. The molecule has 3 aromatic rings. The predicted octanol–water partition coefficient (Wildman–Crippen LogP) is 4.82. The zero-order valence-corrected chi connectivity index (χ0v) is 19.0. The third kappa shape index (κ3) is 6.05. The summed E-state index contributed by atoms with van der Waals surface area (Å²) in [5.41, 5.74) is 2.10. The van der Waals surface area contributed by atoms with Crippen LogP contribution in [0.25, 0.3) is 0 Å². The van der Waals surface area contributed by atoms with Crippen LogP contribution >= 0.6 is 23.5 Å². The summed E-state index contributed by atoms with van der Waals surface area (Å²) in [6.07, 6.45) is 1.86. The first kappa shape index (κ1) is 22.8. The SMILES string of the molecule is COc1ccc(CNc2nc(SC)nc(SCc3ccc(OC)cc3)c2C(=O)O)cc1. The molecule has 0 amide bonds. The number of rotatable bonds is 10. The van der Waals surface area contributed by atoms with E-state index in [2.05, 4.69) is 15.3 Å². The Hall–Kier alpha value is -2.91. The first-order valence-electron chi connectivity index (χ1n) is 9.36. The van der Waals surface area contributed by atoms with Crippen molar-refractivity contribution in [2.45, 2.75) is 22.5 Å². The number of anilines is 1. The third-order valence-corrected chi connectivity index (χ3v) is 6.00. The number of methoxy groups -OCH3 is 2. The van der Waals surface area contributed by atoms with Crippen molar-refractivity contribution < 1.29 is 19.4 Å². The van der Waals surface area contributed by atoms with Crippen LogP contribution < -0.4 is 14.8 Å². The summed E-state index contributed by atoms with van der Waals surface area (Å²) in [5.74, 6) is 1.35. The average molecular weight is 458 g/mol. The van der Waals surface area contributed by atoms with E-state index < -0.39 is 5.97 Å². The molecular formula is C22H23N3O4S2. The Morgan fingerprint density at radius 3 is 2.06 bits per heavy atom. The van der Waals surface area contributed by atoms with Crippen molar-refractivity contribution >= 4 is 35.3 Å². The van der Waals surface area contributed by atoms with Crippen LogP contribution in [0, 0.1) is 0 Å². The summed E-state index contributed by atoms with van der Waals surface area (Å²) >= 11 is 2.74. The topological polar surface area (TPSA) is 93.6 Å². The smallest absolute Gasteiger partial charge is 0.342 e. The van der Waals surface area contributed by atoms with Gasteiger partial charge in [-0.05, 0) is 41.6 Å². The van der Waals surface area contributed by atoms with Gasteiger partial charge >= 0.3 is 5.97 Å². The summed E-state index contributed by atoms with van der Waals surface area (Å²) < 4.78 is 10.4. The third-order valence-electron chi connectivity index (χ3n) is 4.41. The predicted molar refractivity (Wildman–Crippen MR) is 124 cm³/mol. The molecule has 0 atom stereocenters. The van der Waals surface area contributed by atoms with Crippen LogP contribution in [0.1, 0.15) is 21.5 Å². The molecular weight excluding hydrogens is 434 g/mol. The highest BCUT2D eigenvalue weighted by molar-refractivity contribution is 7.99. The van der Waals surface area contributed by atoms with Crippen LogP contribution in [0.4, 0.5) is 5.82 Å². The molecule has 0 fully saturated rings. The molecule has 2 aromatic carbocycles. The lowest BCUT2D eigenvalue weighted by Crippen LogP contribution is -2.12. The normalized spacial score (nSPS) is 10.5. The molecule has 31 heavy (non-hydrogen) atoms. The first-order valence-corrected chi connectivity index (χ1v) is 11.6. The van der Waals surface area contributed by atoms with Gasteiger partial charge in [0.1, 0.15) is 27.9 Å². The van der Waals surface area contributed by atoms with Gasteiger partial charge in [0.25, 0.3) is 0 Å². The minimum Gasteiger partial charge on any atom is -0.497 e. The van der Waals surface area contributed by atoms with Gasteiger partial charge in [-0.15, -0.1) is 11.8 Å². The number of carboxylic acids is 1. The molecule has 7 nitrogen and oxygen atoms in total. The quantitative estimate of drug-likeness (QED) is 0.252. The number of nitrogens with one attached hydrogen (secondary N) is 1. The number of carboxylic acid groups (broad SMARTS) is 1. The minimum atomic E-state index is -1.07. The van der Waals surface area contributed by atoms with E-state index in [-0.39, 0.29) is 5.56 Å². The summed E-state index contributed by atoms with van der Waals surface area (Å²) in [5, 5.41) is 14.0. The van der Waals surface area contributed by atoms with Crippen molar-refractivity contribution in [3.05, 3.63) is 65.2 Å². The number of ether oxygens (including phenoxy) is 2. The lowest BCUT2D eigenvalue weighted by Gasteiger charge is -2.14. The standard InChI is InChI=1S/C22H23N3O4S2/c1-28-16-8-4-14(5-9-16)12-23-19-18(21(26)27)20(25-22(24-19)30-3)31-13-15-6-10-17(29-2)11-7-15/h4-11H,12-13H2,1-3H3,(H,26,27)(H,23,24,25). The number of carbonyl (C=O) groups is 1. The monoisotopic (exact) mass is 457 g/mol. The van der Waals surface area contributed by atoms with E-state index >= 15 is 0 Å². The molecule has 0 unspecified atom stereocenters. The van der Waals surface area contributed by atoms with Crippen LogP contribution in [-0.4, -0.2) is 41.5 Å². The Morgan fingerprint density at radius 1 is 0.968 bits per heavy atom. The summed E-state index contributed by atoms with van der Waals surface area (Å²) in [6.45, 7) is 0.428. The van der Waals surface area contributed by atoms with Crippen LogP contribution in [0.15, 0.2) is 58.7 Å². The highest BCUT2D eigenvalue weighted by Gasteiger charge is 2.21. The molecule has 0 saturated heterocycles. The fraction of sp³-hybridized carbons (Fsp3) is 0.227. The van der Waals surface area contributed by atoms with Crippen molar-refractivity contribution in [3.8, 4) is 11.5 Å². The molecule has 0 aliphatic carbocycles. The Labute approximate surface area is 189 Å². The molecule has 9 heteroatoms. The lowest BCUT2D eigenvalue weighted by molar-refractivity contribution is 0.0692. The van der Waals surface area contributed by atoms with Gasteiger partial charge in [0, 0.05) is 12.3 Å². The first-order chi connectivity index (χ1) is 15.0. The summed E-state index contributed by atoms with van der Waals surface area (Å²) in [6, 6.07) is 15.2. The molecule has 0 saturated carbocycles. The Bertz CT molecular complexity index is 955. The van der Waals surface area contributed by atoms with Gasteiger partial charge in [0.05, 0.1) is 14.2 Å². The van der Waals surface area contributed by atoms with Crippen molar-refractivity contribution in [1.29, 1.82) is 0 Å². The van der Waals surface area contributed by atoms with Crippen molar-refractivity contribution in [1.82, 2.24) is 9.97 Å². The number of nitrogens with zero attached hydrogens (tertiary/aromatic N) is 2. The number of benzene rings is 2. The van der Waals surface area contributed by atoms with E-state index in [1.165, 1.54) is 23.5 Å². The van der Waals surface area contributed by atoms with Crippen molar-refractivity contribution in [2.75, 3.05) is 25.8 Å². The summed E-state index contributed by atoms with van der Waals surface area (Å²) in [7, 11) is 3.23. The van der Waals surface area contributed by atoms with Gasteiger partial charge in [-0.3, -0.25) is 0 Å². The van der Waals surface area contributed by atoms with Crippen LogP contribution in [0.2, 0.25) is 0 Å². The number of aromatic carboxylic acids is 1. The van der Waals surface area contributed by atoms with Crippen LogP contribution in [0.5, 0.6) is 11.5 Å². The van der Waals surface area contributed by atoms with Gasteiger partial charge in [0.15, 0.2) is 5.16 Å². The van der Waals surface area contributed by atoms with Crippen molar-refractivity contribution in [2.24, 2.45) is 0 Å². The molecule has 0 bridgehead atoms. The van der Waals surface area contributed by atoms with Gasteiger partial charge < -0.3 is 19.9 Å². The van der Waals surface area contributed by atoms with E-state index in [4.69, 9.17) is 9.47 Å². The second-order valence-electron chi connectivity index (χ2n) is 6.38. The zero-order chi connectivity index (χ0) is 22.2. The molecule has 3 rings (SSSR count). The molecule has 0 spiro atoms. The van der Waals surface area contributed by atoms with Crippen LogP contribution in [0.3, 0.4) is 0 Å². The molecule has 162 valence electrons. The van der Waals surface area contributed by atoms with Gasteiger partial charge in [0.2, 0.25) is 0 Å². The van der Waals surface area contributed by atoms with E-state index in [9.17, 15) is 9.90 Å². The van der Waals surface area contributed by atoms with E-state index in [1.807, 2.05) is 54.8 Å².